The lowest BCUT2D eigenvalue weighted by Crippen LogP contribution is -2.48. The summed E-state index contributed by atoms with van der Waals surface area (Å²) in [7, 11) is -2.89. The van der Waals surface area contributed by atoms with E-state index in [4.69, 9.17) is 0 Å². The molecule has 0 heterocycles. The van der Waals surface area contributed by atoms with Crippen molar-refractivity contribution in [1.29, 1.82) is 0 Å². The molecule has 74 valence electrons. The molecule has 0 aromatic heterocycles. The Kier molecular flexibility index (Phi) is 3.72. The summed E-state index contributed by atoms with van der Waals surface area (Å²) in [6.07, 6.45) is 1.26. The zero-order chi connectivity index (χ0) is 9.99. The maximum atomic E-state index is 11.0. The lowest BCUT2D eigenvalue weighted by molar-refractivity contribution is 0.387. The van der Waals surface area contributed by atoms with Crippen LogP contribution in [0.2, 0.25) is 0 Å². The van der Waals surface area contributed by atoms with Gasteiger partial charge >= 0.3 is 0 Å². The second-order valence-electron chi connectivity index (χ2n) is 4.25. The summed E-state index contributed by atoms with van der Waals surface area (Å²) in [5.74, 6) is 0.179. The van der Waals surface area contributed by atoms with Gasteiger partial charge in [-0.2, -0.15) is 0 Å². The summed E-state index contributed by atoms with van der Waals surface area (Å²) < 4.78 is 22.0. The summed E-state index contributed by atoms with van der Waals surface area (Å²) in [6.45, 7) is 7.80. The maximum absolute atomic E-state index is 11.0. The van der Waals surface area contributed by atoms with Crippen molar-refractivity contribution in [2.24, 2.45) is 0 Å². The summed E-state index contributed by atoms with van der Waals surface area (Å²) in [5, 5.41) is 3.20. The first-order valence-corrected chi connectivity index (χ1v) is 6.14. The molecule has 0 aliphatic carbocycles. The van der Waals surface area contributed by atoms with E-state index < -0.39 is 9.84 Å². The zero-order valence-electron chi connectivity index (χ0n) is 8.51. The van der Waals surface area contributed by atoms with E-state index in [2.05, 4.69) is 5.32 Å². The van der Waals surface area contributed by atoms with Gasteiger partial charge in [-0.1, -0.05) is 13.8 Å². The van der Waals surface area contributed by atoms with Gasteiger partial charge < -0.3 is 5.32 Å². The Balaban J connectivity index is 4.23. The molecule has 4 heteroatoms. The first kappa shape index (κ1) is 11.9. The molecule has 0 amide bonds. The van der Waals surface area contributed by atoms with Gasteiger partial charge in [0.25, 0.3) is 0 Å². The molecule has 0 aromatic rings. The lowest BCUT2D eigenvalue weighted by Gasteiger charge is -2.27. The second-order valence-corrected chi connectivity index (χ2v) is 6.39. The van der Waals surface area contributed by atoms with Crippen LogP contribution in [0.3, 0.4) is 0 Å². The van der Waals surface area contributed by atoms with E-state index in [-0.39, 0.29) is 11.3 Å². The molecule has 12 heavy (non-hydrogen) atoms. The average molecular weight is 193 g/mol. The van der Waals surface area contributed by atoms with E-state index in [1.807, 2.05) is 27.7 Å². The van der Waals surface area contributed by atoms with Crippen LogP contribution in [0.5, 0.6) is 0 Å². The molecule has 0 saturated carbocycles. The van der Waals surface area contributed by atoms with E-state index in [1.165, 1.54) is 6.26 Å². The highest BCUT2D eigenvalue weighted by molar-refractivity contribution is 7.90. The summed E-state index contributed by atoms with van der Waals surface area (Å²) in [6, 6.07) is 0.307. The second kappa shape index (κ2) is 3.75. The molecule has 0 bridgehead atoms. The Bertz CT molecular complexity index is 229. The van der Waals surface area contributed by atoms with Gasteiger partial charge in [0, 0.05) is 17.8 Å². The highest BCUT2D eigenvalue weighted by Crippen LogP contribution is 2.06. The summed E-state index contributed by atoms with van der Waals surface area (Å²) >= 11 is 0. The quantitative estimate of drug-likeness (QED) is 0.718. The molecule has 0 fully saturated rings. The fourth-order valence-electron chi connectivity index (χ4n) is 1.48. The molecule has 1 N–H and O–H groups in total. The topological polar surface area (TPSA) is 46.2 Å². The molecule has 0 aromatic carbocycles. The highest BCUT2D eigenvalue weighted by atomic mass is 32.2. The van der Waals surface area contributed by atoms with Crippen LogP contribution in [-0.2, 0) is 9.84 Å². The van der Waals surface area contributed by atoms with Crippen LogP contribution < -0.4 is 5.32 Å². The van der Waals surface area contributed by atoms with Gasteiger partial charge in [-0.05, 0) is 13.8 Å². The molecule has 3 nitrogen and oxygen atoms in total. The average Bonchev–Trinajstić information content (AvgIpc) is 1.48. The van der Waals surface area contributed by atoms with Crippen LogP contribution >= 0.6 is 0 Å². The van der Waals surface area contributed by atoms with E-state index in [0.717, 1.165) is 0 Å². The number of nitrogens with one attached hydrogen (secondary N) is 1. The molecule has 0 rings (SSSR count). The van der Waals surface area contributed by atoms with Crippen LogP contribution in [0.1, 0.15) is 27.7 Å². The number of rotatable bonds is 4. The lowest BCUT2D eigenvalue weighted by atomic mass is 10.1. The third kappa shape index (κ3) is 6.61. The number of hydrogen-bond donors (Lipinski definition) is 1. The zero-order valence-corrected chi connectivity index (χ0v) is 9.33. The van der Waals surface area contributed by atoms with Gasteiger partial charge in [0.15, 0.2) is 0 Å². The first-order chi connectivity index (χ1) is 5.12. The first-order valence-electron chi connectivity index (χ1n) is 4.08. The van der Waals surface area contributed by atoms with Crippen molar-refractivity contribution < 1.29 is 8.42 Å². The predicted octanol–water partition coefficient (Wildman–Crippen LogP) is 0.808. The van der Waals surface area contributed by atoms with Crippen molar-refractivity contribution >= 4 is 9.84 Å². The van der Waals surface area contributed by atoms with Crippen LogP contribution in [-0.4, -0.2) is 32.0 Å². The molecular weight excluding hydrogens is 174 g/mol. The summed E-state index contributed by atoms with van der Waals surface area (Å²) in [5.41, 5.74) is -0.332. The van der Waals surface area contributed by atoms with Crippen molar-refractivity contribution in [3.63, 3.8) is 0 Å². The maximum Gasteiger partial charge on any atom is 0.149 e. The smallest absolute Gasteiger partial charge is 0.149 e. The van der Waals surface area contributed by atoms with Crippen LogP contribution in [0.15, 0.2) is 0 Å². The largest absolute Gasteiger partial charge is 0.309 e. The van der Waals surface area contributed by atoms with E-state index in [9.17, 15) is 8.42 Å². The van der Waals surface area contributed by atoms with Gasteiger partial charge in [0.2, 0.25) is 0 Å². The van der Waals surface area contributed by atoms with Crippen LogP contribution in [0, 0.1) is 0 Å². The minimum Gasteiger partial charge on any atom is -0.309 e. The Labute approximate surface area is 75.5 Å². The molecule has 0 aliphatic heterocycles. The molecular formula is C8H19NO2S. The number of hydrogen-bond acceptors (Lipinski definition) is 3. The molecule has 0 saturated heterocycles. The Hall–Kier alpha value is -0.0900. The Morgan fingerprint density at radius 1 is 1.33 bits per heavy atom. The Morgan fingerprint density at radius 2 is 1.75 bits per heavy atom. The molecule has 0 radical (unpaired) electrons. The van der Waals surface area contributed by atoms with Crippen LogP contribution in [0.4, 0.5) is 0 Å². The SMILES string of the molecule is CC(C)NC(C)(C)CS(C)(=O)=O. The molecule has 0 aliphatic rings. The molecule has 0 atom stereocenters. The minimum absolute atomic E-state index is 0.179. The van der Waals surface area contributed by atoms with Crippen molar-refractivity contribution in [2.45, 2.75) is 39.3 Å². The molecule has 0 spiro atoms. The predicted molar refractivity (Wildman–Crippen MR) is 52.1 cm³/mol. The van der Waals surface area contributed by atoms with Gasteiger partial charge in [-0.3, -0.25) is 0 Å². The standard InChI is InChI=1S/C8H19NO2S/c1-7(2)9-8(3,4)6-12(5,10)11/h7,9H,6H2,1-5H3. The summed E-state index contributed by atoms with van der Waals surface area (Å²) in [4.78, 5) is 0. The van der Waals surface area contributed by atoms with Crippen molar-refractivity contribution in [2.75, 3.05) is 12.0 Å². The van der Waals surface area contributed by atoms with Crippen molar-refractivity contribution in [1.82, 2.24) is 5.32 Å². The van der Waals surface area contributed by atoms with Crippen molar-refractivity contribution in [3.05, 3.63) is 0 Å². The molecule has 0 unspecified atom stereocenters. The van der Waals surface area contributed by atoms with Gasteiger partial charge in [-0.15, -0.1) is 0 Å². The van der Waals surface area contributed by atoms with Crippen molar-refractivity contribution in [3.8, 4) is 0 Å². The van der Waals surface area contributed by atoms with E-state index in [1.54, 1.807) is 0 Å². The van der Waals surface area contributed by atoms with E-state index >= 15 is 0 Å². The van der Waals surface area contributed by atoms with E-state index in [0.29, 0.717) is 6.04 Å². The van der Waals surface area contributed by atoms with Gasteiger partial charge in [0.05, 0.1) is 5.75 Å². The Morgan fingerprint density at radius 3 is 2.00 bits per heavy atom. The third-order valence-electron chi connectivity index (χ3n) is 1.30. The number of sulfone groups is 1. The highest BCUT2D eigenvalue weighted by Gasteiger charge is 2.23. The van der Waals surface area contributed by atoms with Crippen LogP contribution in [0.25, 0.3) is 0 Å². The fraction of sp³-hybridized carbons (Fsp3) is 1.00. The minimum atomic E-state index is -2.89. The monoisotopic (exact) mass is 193 g/mol. The fourth-order valence-corrected chi connectivity index (χ4v) is 2.87. The normalized spacial score (nSPS) is 13.8. The third-order valence-corrected chi connectivity index (χ3v) is 2.55. The van der Waals surface area contributed by atoms with Gasteiger partial charge in [-0.25, -0.2) is 8.42 Å². The van der Waals surface area contributed by atoms with Gasteiger partial charge in [0.1, 0.15) is 9.84 Å².